The highest BCUT2D eigenvalue weighted by Crippen LogP contribution is 2.35. The van der Waals surface area contributed by atoms with E-state index in [2.05, 4.69) is 15.8 Å². The predicted octanol–water partition coefficient (Wildman–Crippen LogP) is 2.01. The lowest BCUT2D eigenvalue weighted by molar-refractivity contribution is -0.121. The fourth-order valence-electron chi connectivity index (χ4n) is 2.15. The van der Waals surface area contributed by atoms with Crippen LogP contribution in [0, 0.1) is 0 Å². The molecule has 1 aliphatic carbocycles. The molecule has 0 spiro atoms. The highest BCUT2D eigenvalue weighted by atomic mass is 32.1. The standard InChI is InChI=1S/C14H19N3O4S/c1-14(2,3)21-13(19)15-7-11(18)16-9-6-10(17-20)12-8(9)4-5-22-12/h4-5,9,20H,6-7H2,1-3H3,(H,15,19)(H,16,18)/b17-10+/t9-/m1/s1. The molecular weight excluding hydrogens is 306 g/mol. The minimum absolute atomic E-state index is 0.170. The number of amides is 2. The molecule has 120 valence electrons. The summed E-state index contributed by atoms with van der Waals surface area (Å²) in [5, 5.41) is 19.3. The molecule has 7 nitrogen and oxygen atoms in total. The summed E-state index contributed by atoms with van der Waals surface area (Å²) in [6.45, 7) is 5.08. The van der Waals surface area contributed by atoms with Crippen LogP contribution < -0.4 is 10.6 Å². The molecule has 1 atom stereocenters. The maximum atomic E-state index is 11.9. The molecule has 1 aromatic rings. The lowest BCUT2D eigenvalue weighted by Gasteiger charge is -2.20. The van der Waals surface area contributed by atoms with Crippen LogP contribution in [0.2, 0.25) is 0 Å². The second-order valence-corrected chi connectivity index (χ2v) is 6.85. The van der Waals surface area contributed by atoms with Gasteiger partial charge >= 0.3 is 6.09 Å². The van der Waals surface area contributed by atoms with Gasteiger partial charge in [-0.15, -0.1) is 11.3 Å². The zero-order valence-electron chi connectivity index (χ0n) is 12.7. The van der Waals surface area contributed by atoms with Crippen LogP contribution in [-0.2, 0) is 9.53 Å². The fraction of sp³-hybridized carbons (Fsp3) is 0.500. The van der Waals surface area contributed by atoms with Gasteiger partial charge < -0.3 is 20.6 Å². The van der Waals surface area contributed by atoms with E-state index < -0.39 is 11.7 Å². The molecule has 0 aromatic carbocycles. The van der Waals surface area contributed by atoms with E-state index in [1.54, 1.807) is 20.8 Å². The van der Waals surface area contributed by atoms with Crippen LogP contribution in [0.3, 0.4) is 0 Å². The third kappa shape index (κ3) is 3.97. The van der Waals surface area contributed by atoms with Crippen LogP contribution in [-0.4, -0.2) is 35.1 Å². The van der Waals surface area contributed by atoms with Crippen molar-refractivity contribution in [3.63, 3.8) is 0 Å². The van der Waals surface area contributed by atoms with E-state index in [0.29, 0.717) is 12.1 Å². The number of carbonyl (C=O) groups is 2. The van der Waals surface area contributed by atoms with Gasteiger partial charge in [0.15, 0.2) is 0 Å². The monoisotopic (exact) mass is 325 g/mol. The van der Waals surface area contributed by atoms with E-state index in [0.717, 1.165) is 10.4 Å². The summed E-state index contributed by atoms with van der Waals surface area (Å²) >= 11 is 1.47. The Bertz CT molecular complexity index is 603. The van der Waals surface area contributed by atoms with Crippen molar-refractivity contribution in [1.82, 2.24) is 10.6 Å². The first-order valence-electron chi connectivity index (χ1n) is 6.85. The van der Waals surface area contributed by atoms with E-state index in [1.807, 2.05) is 11.4 Å². The lowest BCUT2D eigenvalue weighted by Crippen LogP contribution is -2.40. The van der Waals surface area contributed by atoms with E-state index in [-0.39, 0.29) is 18.5 Å². The minimum atomic E-state index is -0.636. The van der Waals surface area contributed by atoms with Crippen molar-refractivity contribution in [2.45, 2.75) is 38.8 Å². The average Bonchev–Trinajstić information content (AvgIpc) is 2.98. The number of nitrogens with zero attached hydrogens (tertiary/aromatic N) is 1. The maximum Gasteiger partial charge on any atom is 0.408 e. The molecule has 2 amide bonds. The minimum Gasteiger partial charge on any atom is -0.444 e. The molecule has 0 aliphatic heterocycles. The zero-order valence-corrected chi connectivity index (χ0v) is 13.5. The number of ether oxygens (including phenoxy) is 1. The number of fused-ring (bicyclic) bond motifs is 1. The normalized spacial score (nSPS) is 18.9. The smallest absolute Gasteiger partial charge is 0.408 e. The summed E-state index contributed by atoms with van der Waals surface area (Å²) in [6.07, 6.45) is -0.195. The van der Waals surface area contributed by atoms with Gasteiger partial charge in [0, 0.05) is 6.42 Å². The highest BCUT2D eigenvalue weighted by molar-refractivity contribution is 7.12. The summed E-state index contributed by atoms with van der Waals surface area (Å²) in [4.78, 5) is 24.3. The van der Waals surface area contributed by atoms with Crippen molar-refractivity contribution in [3.05, 3.63) is 21.9 Å². The second-order valence-electron chi connectivity index (χ2n) is 5.93. The first kappa shape index (κ1) is 16.3. The van der Waals surface area contributed by atoms with E-state index in [4.69, 9.17) is 9.94 Å². The number of carbonyl (C=O) groups excluding carboxylic acids is 2. The van der Waals surface area contributed by atoms with Gasteiger partial charge in [-0.3, -0.25) is 4.79 Å². The van der Waals surface area contributed by atoms with Crippen molar-refractivity contribution in [1.29, 1.82) is 0 Å². The number of thiophene rings is 1. The molecule has 0 saturated carbocycles. The van der Waals surface area contributed by atoms with Gasteiger partial charge in [0.2, 0.25) is 5.91 Å². The molecule has 3 N–H and O–H groups in total. The molecule has 0 unspecified atom stereocenters. The van der Waals surface area contributed by atoms with E-state index >= 15 is 0 Å². The topological polar surface area (TPSA) is 100 Å². The van der Waals surface area contributed by atoms with Gasteiger partial charge in [0.1, 0.15) is 12.1 Å². The van der Waals surface area contributed by atoms with Crippen LogP contribution >= 0.6 is 11.3 Å². The van der Waals surface area contributed by atoms with Crippen LogP contribution in [0.4, 0.5) is 4.79 Å². The Morgan fingerprint density at radius 1 is 1.50 bits per heavy atom. The molecule has 0 radical (unpaired) electrons. The predicted molar refractivity (Wildman–Crippen MR) is 82.4 cm³/mol. The Kier molecular flexibility index (Phi) is 4.70. The first-order valence-corrected chi connectivity index (χ1v) is 7.73. The van der Waals surface area contributed by atoms with Gasteiger partial charge in [-0.1, -0.05) is 5.16 Å². The Morgan fingerprint density at radius 3 is 2.86 bits per heavy atom. The van der Waals surface area contributed by atoms with Crippen molar-refractivity contribution in [3.8, 4) is 0 Å². The van der Waals surface area contributed by atoms with E-state index in [9.17, 15) is 9.59 Å². The van der Waals surface area contributed by atoms with Crippen LogP contribution in [0.1, 0.15) is 43.7 Å². The van der Waals surface area contributed by atoms with Crippen molar-refractivity contribution in [2.24, 2.45) is 5.16 Å². The van der Waals surface area contributed by atoms with Gasteiger partial charge in [-0.25, -0.2) is 4.79 Å². The number of hydrogen-bond donors (Lipinski definition) is 3. The molecule has 0 bridgehead atoms. The fourth-order valence-corrected chi connectivity index (χ4v) is 3.11. The Morgan fingerprint density at radius 2 is 2.23 bits per heavy atom. The molecule has 1 aliphatic rings. The van der Waals surface area contributed by atoms with Gasteiger partial charge in [-0.2, -0.15) is 0 Å². The third-order valence-corrected chi connectivity index (χ3v) is 3.96. The maximum absolute atomic E-state index is 11.9. The van der Waals surface area contributed by atoms with Crippen LogP contribution in [0.25, 0.3) is 0 Å². The summed E-state index contributed by atoms with van der Waals surface area (Å²) in [5.41, 5.74) is 0.892. The summed E-state index contributed by atoms with van der Waals surface area (Å²) < 4.78 is 5.06. The van der Waals surface area contributed by atoms with Gasteiger partial charge in [0.05, 0.1) is 16.6 Å². The zero-order chi connectivity index (χ0) is 16.3. The summed E-state index contributed by atoms with van der Waals surface area (Å²) in [7, 11) is 0. The number of nitrogens with one attached hydrogen (secondary N) is 2. The van der Waals surface area contributed by atoms with Crippen molar-refractivity contribution >= 4 is 29.0 Å². The molecule has 22 heavy (non-hydrogen) atoms. The molecule has 2 rings (SSSR count). The quantitative estimate of drug-likeness (QED) is 0.584. The van der Waals surface area contributed by atoms with Gasteiger partial charge in [-0.05, 0) is 37.8 Å². The Hall–Kier alpha value is -2.09. The third-order valence-electron chi connectivity index (χ3n) is 2.98. The van der Waals surface area contributed by atoms with Crippen LogP contribution in [0.15, 0.2) is 16.6 Å². The van der Waals surface area contributed by atoms with Crippen molar-refractivity contribution < 1.29 is 19.5 Å². The van der Waals surface area contributed by atoms with E-state index in [1.165, 1.54) is 11.3 Å². The Labute approximate surface area is 132 Å². The molecule has 0 fully saturated rings. The highest BCUT2D eigenvalue weighted by Gasteiger charge is 2.30. The van der Waals surface area contributed by atoms with Crippen LogP contribution in [0.5, 0.6) is 0 Å². The van der Waals surface area contributed by atoms with Gasteiger partial charge in [0.25, 0.3) is 0 Å². The lowest BCUT2D eigenvalue weighted by atomic mass is 10.2. The number of hydrogen-bond acceptors (Lipinski definition) is 6. The molecular formula is C14H19N3O4S. The largest absolute Gasteiger partial charge is 0.444 e. The summed E-state index contributed by atoms with van der Waals surface area (Å²) in [6, 6.07) is 1.66. The number of rotatable bonds is 3. The Balaban J connectivity index is 1.85. The number of oxime groups is 1. The average molecular weight is 325 g/mol. The number of alkyl carbamates (subject to hydrolysis) is 1. The summed E-state index contributed by atoms with van der Waals surface area (Å²) in [5.74, 6) is -0.327. The van der Waals surface area contributed by atoms with Crippen molar-refractivity contribution in [2.75, 3.05) is 6.54 Å². The second kappa shape index (κ2) is 6.35. The molecule has 1 aromatic heterocycles. The SMILES string of the molecule is CC(C)(C)OC(=O)NCC(=O)N[C@@H]1C/C(=N\O)c2sccc21. The molecule has 1 heterocycles. The molecule has 0 saturated heterocycles. The first-order chi connectivity index (χ1) is 10.3. The molecule has 8 heteroatoms.